The van der Waals surface area contributed by atoms with Gasteiger partial charge in [-0.15, -0.1) is 0 Å². The van der Waals surface area contributed by atoms with Gasteiger partial charge in [0.1, 0.15) is 5.82 Å². The van der Waals surface area contributed by atoms with Crippen molar-refractivity contribution in [2.45, 2.75) is 121 Å². The molecule has 1 heterocycles. The molecule has 3 rings (SSSR count). The van der Waals surface area contributed by atoms with Crippen molar-refractivity contribution in [2.24, 2.45) is 17.8 Å². The van der Waals surface area contributed by atoms with E-state index in [4.69, 9.17) is 16.3 Å². The number of nitrogens with one attached hydrogen (secondary N) is 1. The number of halogens is 2. The van der Waals surface area contributed by atoms with E-state index >= 15 is 4.39 Å². The standard InChI is InChI=1S/C36H61ClFN3O5Si/c1-35(2,3)47(6,7)25-27-17-15-26(16-18-27)22-29(24-40(4)34(43)44)39-33(42)41-20-11-12-28(23-41)36(45,19-8-9-21-46-5)30-13-10-14-31(37)32(30)38/h10,13-14,26-29,45H,8-9,11-12,15-25H2,1-7H3,(H,39,42)(H,43,44)/t26?,27?,28-,29-,36+/m1/s1. The fourth-order valence-corrected chi connectivity index (χ4v) is 10.2. The summed E-state index contributed by atoms with van der Waals surface area (Å²) in [5, 5.41) is 25.3. The van der Waals surface area contributed by atoms with Crippen LogP contribution in [0.3, 0.4) is 0 Å². The first kappa shape index (κ1) is 39.6. The van der Waals surface area contributed by atoms with Gasteiger partial charge in [0.25, 0.3) is 0 Å². The van der Waals surface area contributed by atoms with Gasteiger partial charge in [-0.05, 0) is 61.5 Å². The Kier molecular flexibility index (Phi) is 14.4. The molecule has 47 heavy (non-hydrogen) atoms. The van der Waals surface area contributed by atoms with Crippen LogP contribution >= 0.6 is 11.6 Å². The Labute approximate surface area is 288 Å². The molecule has 1 saturated carbocycles. The minimum absolute atomic E-state index is 0.0392. The molecular formula is C36H61ClFN3O5Si. The van der Waals surface area contributed by atoms with Crippen LogP contribution in [0.1, 0.15) is 90.5 Å². The number of carbonyl (C=O) groups is 2. The van der Waals surface area contributed by atoms with Crippen LogP contribution in [0.15, 0.2) is 18.2 Å². The fourth-order valence-electron chi connectivity index (χ4n) is 7.54. The summed E-state index contributed by atoms with van der Waals surface area (Å²) in [4.78, 5) is 28.5. The third kappa shape index (κ3) is 10.8. The molecule has 0 spiro atoms. The zero-order valence-corrected chi connectivity index (χ0v) is 31.7. The average Bonchev–Trinajstić information content (AvgIpc) is 3.00. The maximum atomic E-state index is 15.4. The van der Waals surface area contributed by atoms with Crippen LogP contribution in [-0.2, 0) is 10.3 Å². The molecule has 1 aliphatic heterocycles. The number of aliphatic hydroxyl groups is 1. The summed E-state index contributed by atoms with van der Waals surface area (Å²) in [6, 6.07) is 5.46. The number of hydrogen-bond acceptors (Lipinski definition) is 4. The van der Waals surface area contributed by atoms with Crippen molar-refractivity contribution in [3.63, 3.8) is 0 Å². The molecule has 2 aliphatic rings. The molecule has 3 N–H and O–H groups in total. The lowest BCUT2D eigenvalue weighted by atomic mass is 9.74. The number of piperidine rings is 1. The number of likely N-dealkylation sites (N-methyl/N-ethyl adjacent to an activating group) is 1. The van der Waals surface area contributed by atoms with Crippen LogP contribution in [0, 0.1) is 23.6 Å². The number of urea groups is 1. The molecule has 268 valence electrons. The molecule has 2 fully saturated rings. The van der Waals surface area contributed by atoms with Crippen LogP contribution in [0.4, 0.5) is 14.0 Å². The highest BCUT2D eigenvalue weighted by molar-refractivity contribution is 6.80. The van der Waals surface area contributed by atoms with Crippen LogP contribution in [0.5, 0.6) is 0 Å². The first-order chi connectivity index (χ1) is 22.0. The lowest BCUT2D eigenvalue weighted by molar-refractivity contribution is -0.0588. The molecule has 8 nitrogen and oxygen atoms in total. The van der Waals surface area contributed by atoms with Gasteiger partial charge in [0.15, 0.2) is 0 Å². The maximum Gasteiger partial charge on any atom is 0.407 e. The molecule has 11 heteroatoms. The highest BCUT2D eigenvalue weighted by Gasteiger charge is 2.43. The molecule has 1 aromatic rings. The minimum atomic E-state index is -1.51. The Bertz CT molecular complexity index is 1180. The summed E-state index contributed by atoms with van der Waals surface area (Å²) >= 11 is 6.15. The number of carbonyl (C=O) groups excluding carboxylic acids is 1. The number of nitrogens with zero attached hydrogens (tertiary/aromatic N) is 2. The highest BCUT2D eigenvalue weighted by Crippen LogP contribution is 2.45. The van der Waals surface area contributed by atoms with Gasteiger partial charge in [-0.1, -0.05) is 89.3 Å². The predicted molar refractivity (Wildman–Crippen MR) is 190 cm³/mol. The topological polar surface area (TPSA) is 102 Å². The van der Waals surface area contributed by atoms with Gasteiger partial charge in [-0.25, -0.2) is 14.0 Å². The van der Waals surface area contributed by atoms with Gasteiger partial charge in [-0.2, -0.15) is 0 Å². The Morgan fingerprint density at radius 3 is 2.43 bits per heavy atom. The summed E-state index contributed by atoms with van der Waals surface area (Å²) in [5.41, 5.74) is -1.34. The lowest BCUT2D eigenvalue weighted by Crippen LogP contribution is -2.54. The monoisotopic (exact) mass is 697 g/mol. The van der Waals surface area contributed by atoms with Gasteiger partial charge in [-0.3, -0.25) is 0 Å². The number of ether oxygens (including phenoxy) is 1. The Morgan fingerprint density at radius 1 is 1.15 bits per heavy atom. The molecule has 3 amide bonds. The van der Waals surface area contributed by atoms with E-state index in [1.54, 1.807) is 24.1 Å². The first-order valence-corrected chi connectivity index (χ1v) is 21.2. The second kappa shape index (κ2) is 17.2. The normalized spacial score (nSPS) is 22.8. The van der Waals surface area contributed by atoms with Crippen LogP contribution in [0.2, 0.25) is 29.2 Å². The van der Waals surface area contributed by atoms with Crippen LogP contribution in [0.25, 0.3) is 0 Å². The highest BCUT2D eigenvalue weighted by atomic mass is 35.5. The van der Waals surface area contributed by atoms with Crippen molar-refractivity contribution in [1.82, 2.24) is 15.1 Å². The number of unbranched alkanes of at least 4 members (excludes halogenated alkanes) is 1. The Morgan fingerprint density at radius 2 is 1.81 bits per heavy atom. The third-order valence-corrected chi connectivity index (χ3v) is 17.5. The quantitative estimate of drug-likeness (QED) is 0.134. The largest absolute Gasteiger partial charge is 0.465 e. The number of likely N-dealkylation sites (tertiary alicyclic amines) is 1. The van der Waals surface area contributed by atoms with E-state index in [9.17, 15) is 19.8 Å². The molecule has 1 saturated heterocycles. The molecule has 0 unspecified atom stereocenters. The third-order valence-electron chi connectivity index (χ3n) is 11.5. The van der Waals surface area contributed by atoms with E-state index < -0.39 is 31.5 Å². The van der Waals surface area contributed by atoms with Crippen molar-refractivity contribution >= 4 is 31.8 Å². The van der Waals surface area contributed by atoms with Crippen LogP contribution < -0.4 is 5.32 Å². The summed E-state index contributed by atoms with van der Waals surface area (Å²) < 4.78 is 20.6. The first-order valence-electron chi connectivity index (χ1n) is 17.6. The molecule has 0 bridgehead atoms. The molecule has 0 aromatic heterocycles. The number of rotatable bonds is 14. The van der Waals surface area contributed by atoms with E-state index in [1.807, 2.05) is 0 Å². The van der Waals surface area contributed by atoms with E-state index in [-0.39, 0.29) is 35.7 Å². The second-order valence-electron chi connectivity index (χ2n) is 16.0. The summed E-state index contributed by atoms with van der Waals surface area (Å²) in [7, 11) is 1.80. The van der Waals surface area contributed by atoms with Crippen molar-refractivity contribution in [1.29, 1.82) is 0 Å². The predicted octanol–water partition coefficient (Wildman–Crippen LogP) is 8.59. The van der Waals surface area contributed by atoms with Gasteiger partial charge in [0, 0.05) is 57.9 Å². The average molecular weight is 698 g/mol. The van der Waals surface area contributed by atoms with Gasteiger partial charge >= 0.3 is 12.1 Å². The van der Waals surface area contributed by atoms with Gasteiger partial charge in [0.2, 0.25) is 0 Å². The van der Waals surface area contributed by atoms with E-state index in [0.29, 0.717) is 49.8 Å². The number of amides is 3. The number of benzene rings is 1. The van der Waals surface area contributed by atoms with Crippen molar-refractivity contribution in [3.8, 4) is 0 Å². The number of carboxylic acid groups (broad SMARTS) is 1. The molecule has 3 atom stereocenters. The van der Waals surface area contributed by atoms with Crippen molar-refractivity contribution < 1.29 is 28.9 Å². The fraction of sp³-hybridized carbons (Fsp3) is 0.778. The van der Waals surface area contributed by atoms with Crippen molar-refractivity contribution in [2.75, 3.05) is 40.4 Å². The van der Waals surface area contributed by atoms with Gasteiger partial charge in [0.05, 0.1) is 18.7 Å². The minimum Gasteiger partial charge on any atom is -0.465 e. The molecular weight excluding hydrogens is 637 g/mol. The Balaban J connectivity index is 1.71. The van der Waals surface area contributed by atoms with E-state index in [0.717, 1.165) is 31.6 Å². The molecule has 1 aromatic carbocycles. The van der Waals surface area contributed by atoms with E-state index in [2.05, 4.69) is 39.2 Å². The summed E-state index contributed by atoms with van der Waals surface area (Å²) in [6.45, 7) is 13.7. The van der Waals surface area contributed by atoms with Crippen LogP contribution in [-0.4, -0.2) is 86.7 Å². The molecule has 1 aliphatic carbocycles. The van der Waals surface area contributed by atoms with E-state index in [1.165, 1.54) is 36.9 Å². The maximum absolute atomic E-state index is 15.4. The smallest absolute Gasteiger partial charge is 0.407 e. The number of methoxy groups -OCH3 is 1. The summed E-state index contributed by atoms with van der Waals surface area (Å²) in [5.74, 6) is 0.148. The number of hydrogen-bond donors (Lipinski definition) is 3. The Hall–Kier alpha value is -1.88. The second-order valence-corrected chi connectivity index (χ2v) is 22.1. The zero-order chi connectivity index (χ0) is 35.0. The van der Waals surface area contributed by atoms with Gasteiger partial charge < -0.3 is 30.1 Å². The summed E-state index contributed by atoms with van der Waals surface area (Å²) in [6.07, 6.45) is 7.22. The van der Waals surface area contributed by atoms with Crippen molar-refractivity contribution in [3.05, 3.63) is 34.6 Å². The zero-order valence-electron chi connectivity index (χ0n) is 29.9. The lowest BCUT2D eigenvalue weighted by Gasteiger charge is -2.43. The molecule has 0 radical (unpaired) electrons. The SMILES string of the molecule is COCCCC[C@@](O)(c1cccc(Cl)c1F)[C@@H]1CCCN(C(=O)N[C@H](CC2CCC(C[Si](C)(C)C(C)(C)C)CC2)CN(C)C(=O)O)C1.